The van der Waals surface area contributed by atoms with Gasteiger partial charge in [0.2, 0.25) is 0 Å². The van der Waals surface area contributed by atoms with Gasteiger partial charge in [-0.2, -0.15) is 0 Å². The standard InChI is InChI=1S/C12H16FNO3S/c1-17-12-9(8-5-6-14-7-8)3-4-10(11(12)13)18(2,15)16/h3-4,8,14H,5-7H2,1-2H3. The summed E-state index contributed by atoms with van der Waals surface area (Å²) < 4.78 is 42.1. The van der Waals surface area contributed by atoms with Gasteiger partial charge in [-0.15, -0.1) is 0 Å². The molecule has 0 saturated carbocycles. The molecule has 1 heterocycles. The van der Waals surface area contributed by atoms with Crippen LogP contribution in [0.25, 0.3) is 0 Å². The average molecular weight is 273 g/mol. The van der Waals surface area contributed by atoms with E-state index in [4.69, 9.17) is 4.74 Å². The predicted molar refractivity (Wildman–Crippen MR) is 66.3 cm³/mol. The number of hydrogen-bond donors (Lipinski definition) is 1. The lowest BCUT2D eigenvalue weighted by Gasteiger charge is -2.16. The average Bonchev–Trinajstić information content (AvgIpc) is 2.79. The van der Waals surface area contributed by atoms with Crippen molar-refractivity contribution >= 4 is 9.84 Å². The Morgan fingerprint density at radius 3 is 2.67 bits per heavy atom. The molecule has 1 aliphatic heterocycles. The third-order valence-electron chi connectivity index (χ3n) is 3.20. The highest BCUT2D eigenvalue weighted by atomic mass is 32.2. The molecular weight excluding hydrogens is 257 g/mol. The molecule has 1 aromatic carbocycles. The van der Waals surface area contributed by atoms with Crippen LogP contribution in [0.15, 0.2) is 17.0 Å². The fraction of sp³-hybridized carbons (Fsp3) is 0.500. The molecule has 0 aromatic heterocycles. The van der Waals surface area contributed by atoms with E-state index in [0.29, 0.717) is 0 Å². The molecule has 18 heavy (non-hydrogen) atoms. The lowest BCUT2D eigenvalue weighted by molar-refractivity contribution is 0.372. The molecule has 1 N–H and O–H groups in total. The van der Waals surface area contributed by atoms with Crippen LogP contribution in [0.4, 0.5) is 4.39 Å². The Hall–Kier alpha value is -1.14. The second kappa shape index (κ2) is 4.85. The van der Waals surface area contributed by atoms with Crippen molar-refractivity contribution in [1.82, 2.24) is 5.32 Å². The Morgan fingerprint density at radius 1 is 1.44 bits per heavy atom. The van der Waals surface area contributed by atoms with Crippen LogP contribution < -0.4 is 10.1 Å². The zero-order valence-electron chi connectivity index (χ0n) is 10.4. The molecule has 100 valence electrons. The van der Waals surface area contributed by atoms with E-state index >= 15 is 0 Å². The number of sulfone groups is 1. The van der Waals surface area contributed by atoms with E-state index in [1.54, 1.807) is 6.07 Å². The Labute approximate surface area is 106 Å². The van der Waals surface area contributed by atoms with E-state index in [-0.39, 0.29) is 16.6 Å². The Bertz CT molecular complexity index is 551. The first-order valence-corrected chi connectivity index (χ1v) is 7.61. The second-order valence-corrected chi connectivity index (χ2v) is 6.45. The molecule has 0 aliphatic carbocycles. The first-order valence-electron chi connectivity index (χ1n) is 5.72. The van der Waals surface area contributed by atoms with Crippen molar-refractivity contribution < 1.29 is 17.5 Å². The monoisotopic (exact) mass is 273 g/mol. The third kappa shape index (κ3) is 2.35. The van der Waals surface area contributed by atoms with Crippen LogP contribution >= 0.6 is 0 Å². The number of nitrogens with one attached hydrogen (secondary N) is 1. The van der Waals surface area contributed by atoms with Crippen molar-refractivity contribution in [3.8, 4) is 5.75 Å². The van der Waals surface area contributed by atoms with E-state index in [1.165, 1.54) is 13.2 Å². The zero-order valence-corrected chi connectivity index (χ0v) is 11.2. The summed E-state index contributed by atoms with van der Waals surface area (Å²) in [5.74, 6) is -0.570. The molecule has 1 unspecified atom stereocenters. The van der Waals surface area contributed by atoms with Gasteiger partial charge in [0.05, 0.1) is 7.11 Å². The fourth-order valence-corrected chi connectivity index (χ4v) is 3.02. The fourth-order valence-electron chi connectivity index (χ4n) is 2.29. The van der Waals surface area contributed by atoms with E-state index in [1.807, 2.05) is 0 Å². The molecule has 0 bridgehead atoms. The van der Waals surface area contributed by atoms with E-state index < -0.39 is 15.7 Å². The molecule has 0 amide bonds. The topological polar surface area (TPSA) is 55.4 Å². The quantitative estimate of drug-likeness (QED) is 0.902. The predicted octanol–water partition coefficient (Wildman–Crippen LogP) is 1.31. The largest absolute Gasteiger partial charge is 0.493 e. The van der Waals surface area contributed by atoms with E-state index in [0.717, 1.165) is 31.3 Å². The molecule has 0 radical (unpaired) electrons. The van der Waals surface area contributed by atoms with Crippen molar-refractivity contribution in [3.05, 3.63) is 23.5 Å². The number of rotatable bonds is 3. The Morgan fingerprint density at radius 2 is 2.17 bits per heavy atom. The van der Waals surface area contributed by atoms with Crippen molar-refractivity contribution in [2.75, 3.05) is 26.5 Å². The minimum absolute atomic E-state index is 0.0478. The minimum atomic E-state index is -3.58. The molecule has 2 rings (SSSR count). The maximum Gasteiger partial charge on any atom is 0.183 e. The molecule has 0 spiro atoms. The van der Waals surface area contributed by atoms with Gasteiger partial charge in [-0.25, -0.2) is 12.8 Å². The van der Waals surface area contributed by atoms with E-state index in [2.05, 4.69) is 5.32 Å². The maximum atomic E-state index is 14.2. The molecule has 1 atom stereocenters. The summed E-state index contributed by atoms with van der Waals surface area (Å²) in [6, 6.07) is 2.97. The summed E-state index contributed by atoms with van der Waals surface area (Å²) in [5.41, 5.74) is 0.729. The van der Waals surface area contributed by atoms with Crippen LogP contribution in [0.3, 0.4) is 0 Å². The van der Waals surface area contributed by atoms with Crippen molar-refractivity contribution in [2.24, 2.45) is 0 Å². The molecular formula is C12H16FNO3S. The highest BCUT2D eigenvalue weighted by Gasteiger charge is 2.26. The normalized spacial score (nSPS) is 20.1. The third-order valence-corrected chi connectivity index (χ3v) is 4.31. The molecule has 1 aromatic rings. The van der Waals surface area contributed by atoms with Crippen molar-refractivity contribution in [2.45, 2.75) is 17.2 Å². The first kappa shape index (κ1) is 13.3. The van der Waals surface area contributed by atoms with Crippen molar-refractivity contribution in [1.29, 1.82) is 0 Å². The minimum Gasteiger partial charge on any atom is -0.493 e. The number of halogens is 1. The van der Waals surface area contributed by atoms with Crippen LogP contribution in [-0.4, -0.2) is 34.9 Å². The lowest BCUT2D eigenvalue weighted by atomic mass is 9.97. The summed E-state index contributed by atoms with van der Waals surface area (Å²) >= 11 is 0. The highest BCUT2D eigenvalue weighted by molar-refractivity contribution is 7.90. The van der Waals surface area contributed by atoms with Gasteiger partial charge in [-0.05, 0) is 19.0 Å². The van der Waals surface area contributed by atoms with Gasteiger partial charge in [0.15, 0.2) is 21.4 Å². The van der Waals surface area contributed by atoms with Crippen LogP contribution in [0.2, 0.25) is 0 Å². The molecule has 1 fully saturated rings. The van der Waals surface area contributed by atoms with Gasteiger partial charge in [0, 0.05) is 24.3 Å². The zero-order chi connectivity index (χ0) is 13.3. The van der Waals surface area contributed by atoms with Gasteiger partial charge in [0.1, 0.15) is 4.90 Å². The SMILES string of the molecule is COc1c(C2CCNC2)ccc(S(C)(=O)=O)c1F. The summed E-state index contributed by atoms with van der Waals surface area (Å²) in [4.78, 5) is -0.311. The Balaban J connectivity index is 2.54. The molecule has 4 nitrogen and oxygen atoms in total. The van der Waals surface area contributed by atoms with Crippen LogP contribution in [-0.2, 0) is 9.84 Å². The number of hydrogen-bond acceptors (Lipinski definition) is 4. The summed E-state index contributed by atoms with van der Waals surface area (Å²) in [5, 5.41) is 3.19. The maximum absolute atomic E-state index is 14.2. The van der Waals surface area contributed by atoms with Gasteiger partial charge >= 0.3 is 0 Å². The summed E-state index contributed by atoms with van der Waals surface area (Å²) in [6.45, 7) is 1.64. The summed E-state index contributed by atoms with van der Waals surface area (Å²) in [7, 11) is -2.22. The van der Waals surface area contributed by atoms with Gasteiger partial charge in [0.25, 0.3) is 0 Å². The van der Waals surface area contributed by atoms with E-state index in [9.17, 15) is 12.8 Å². The molecule has 1 aliphatic rings. The van der Waals surface area contributed by atoms with Gasteiger partial charge in [-0.3, -0.25) is 0 Å². The lowest BCUT2D eigenvalue weighted by Crippen LogP contribution is -2.10. The molecule has 1 saturated heterocycles. The molecule has 6 heteroatoms. The highest BCUT2D eigenvalue weighted by Crippen LogP contribution is 2.35. The first-order chi connectivity index (χ1) is 8.45. The second-order valence-electron chi connectivity index (χ2n) is 4.46. The van der Waals surface area contributed by atoms with Crippen LogP contribution in [0.5, 0.6) is 5.75 Å². The van der Waals surface area contributed by atoms with Crippen LogP contribution in [0, 0.1) is 5.82 Å². The number of ether oxygens (including phenoxy) is 1. The van der Waals surface area contributed by atoms with Crippen LogP contribution in [0.1, 0.15) is 17.9 Å². The number of benzene rings is 1. The van der Waals surface area contributed by atoms with Gasteiger partial charge in [-0.1, -0.05) is 6.07 Å². The van der Waals surface area contributed by atoms with Crippen molar-refractivity contribution in [3.63, 3.8) is 0 Å². The smallest absolute Gasteiger partial charge is 0.183 e. The Kier molecular flexibility index (Phi) is 3.59. The number of methoxy groups -OCH3 is 1. The van der Waals surface area contributed by atoms with Gasteiger partial charge < -0.3 is 10.1 Å². The summed E-state index contributed by atoms with van der Waals surface area (Å²) in [6.07, 6.45) is 1.88.